The lowest BCUT2D eigenvalue weighted by Gasteiger charge is -2.38. The minimum Gasteiger partial charge on any atom is -0.483 e. The summed E-state index contributed by atoms with van der Waals surface area (Å²) < 4.78 is 6.42. The summed E-state index contributed by atoms with van der Waals surface area (Å²) >= 11 is 12.5. The molecule has 2 nitrogen and oxygen atoms in total. The fraction of sp³-hybridized carbons (Fsp3) is 0.333. The summed E-state index contributed by atoms with van der Waals surface area (Å²) in [7, 11) is 0. The van der Waals surface area contributed by atoms with Crippen LogP contribution in [0, 0.1) is 0 Å². The molecule has 2 aromatic rings. The Balaban J connectivity index is 1.98. The van der Waals surface area contributed by atoms with Crippen molar-refractivity contribution in [3.05, 3.63) is 58.1 Å². The summed E-state index contributed by atoms with van der Waals surface area (Å²) in [6.45, 7) is 0. The third-order valence-electron chi connectivity index (χ3n) is 4.28. The summed E-state index contributed by atoms with van der Waals surface area (Å²) in [6.07, 6.45) is 5.41. The molecule has 1 fully saturated rings. The minimum atomic E-state index is -0.379. The molecule has 0 saturated heterocycles. The van der Waals surface area contributed by atoms with E-state index in [1.54, 1.807) is 6.07 Å². The van der Waals surface area contributed by atoms with Crippen LogP contribution in [0.4, 0.5) is 5.69 Å². The standard InChI is InChI=1S/C18H19Cl2NO/c19-13-4-9-16(17(20)12-13)18(10-2-1-3-11-18)22-15-7-5-14(21)6-8-15/h4-9,12H,1-3,10-11,21H2. The van der Waals surface area contributed by atoms with E-state index in [0.29, 0.717) is 10.0 Å². The van der Waals surface area contributed by atoms with Crippen molar-refractivity contribution in [2.75, 3.05) is 5.73 Å². The molecule has 0 atom stereocenters. The summed E-state index contributed by atoms with van der Waals surface area (Å²) in [5.74, 6) is 0.821. The van der Waals surface area contributed by atoms with Gasteiger partial charge in [-0.1, -0.05) is 35.7 Å². The number of anilines is 1. The molecule has 3 rings (SSSR count). The van der Waals surface area contributed by atoms with Crippen molar-refractivity contribution in [2.24, 2.45) is 0 Å². The molecular weight excluding hydrogens is 317 g/mol. The average Bonchev–Trinajstić information content (AvgIpc) is 2.50. The molecule has 0 bridgehead atoms. The Morgan fingerprint density at radius 3 is 2.23 bits per heavy atom. The first-order valence-corrected chi connectivity index (χ1v) is 8.35. The summed E-state index contributed by atoms with van der Waals surface area (Å²) in [5.41, 5.74) is 7.13. The number of hydrogen-bond donors (Lipinski definition) is 1. The van der Waals surface area contributed by atoms with E-state index in [1.807, 2.05) is 36.4 Å². The first-order valence-electron chi connectivity index (χ1n) is 7.59. The molecule has 0 radical (unpaired) electrons. The summed E-state index contributed by atoms with van der Waals surface area (Å²) in [4.78, 5) is 0. The van der Waals surface area contributed by atoms with Crippen LogP contribution in [0.15, 0.2) is 42.5 Å². The molecule has 2 N–H and O–H groups in total. The first kappa shape index (κ1) is 15.5. The fourth-order valence-corrected chi connectivity index (χ4v) is 3.75. The molecule has 0 aromatic heterocycles. The van der Waals surface area contributed by atoms with Crippen LogP contribution in [0.3, 0.4) is 0 Å². The van der Waals surface area contributed by atoms with Crippen LogP contribution >= 0.6 is 23.2 Å². The maximum atomic E-state index is 6.46. The third-order valence-corrected chi connectivity index (χ3v) is 4.82. The quantitative estimate of drug-likeness (QED) is 0.718. The maximum Gasteiger partial charge on any atom is 0.135 e. The van der Waals surface area contributed by atoms with E-state index in [-0.39, 0.29) is 5.60 Å². The van der Waals surface area contributed by atoms with Gasteiger partial charge in [-0.15, -0.1) is 0 Å². The second kappa shape index (κ2) is 6.39. The number of nitrogens with two attached hydrogens (primary N) is 1. The Bertz CT molecular complexity index is 649. The molecule has 0 aliphatic heterocycles. The van der Waals surface area contributed by atoms with E-state index >= 15 is 0 Å². The molecule has 116 valence electrons. The Kier molecular flexibility index (Phi) is 4.51. The largest absolute Gasteiger partial charge is 0.483 e. The van der Waals surface area contributed by atoms with Gasteiger partial charge in [0.2, 0.25) is 0 Å². The summed E-state index contributed by atoms with van der Waals surface area (Å²) in [5, 5.41) is 1.32. The van der Waals surface area contributed by atoms with E-state index in [0.717, 1.165) is 42.7 Å². The molecule has 2 aromatic carbocycles. The predicted molar refractivity (Wildman–Crippen MR) is 92.7 cm³/mol. The molecule has 0 amide bonds. The number of halogens is 2. The lowest BCUT2D eigenvalue weighted by Crippen LogP contribution is -2.35. The molecule has 0 unspecified atom stereocenters. The topological polar surface area (TPSA) is 35.2 Å². The smallest absolute Gasteiger partial charge is 0.135 e. The second-order valence-corrected chi connectivity index (χ2v) is 6.69. The molecule has 0 heterocycles. The number of rotatable bonds is 3. The highest BCUT2D eigenvalue weighted by Gasteiger charge is 2.37. The minimum absolute atomic E-state index is 0.379. The van der Waals surface area contributed by atoms with Crippen LogP contribution in [0.1, 0.15) is 37.7 Å². The molecular formula is C18H19Cl2NO. The number of benzene rings is 2. The SMILES string of the molecule is Nc1ccc(OC2(c3ccc(Cl)cc3Cl)CCCCC2)cc1. The van der Waals surface area contributed by atoms with Crippen molar-refractivity contribution in [1.29, 1.82) is 0 Å². The van der Waals surface area contributed by atoms with Gasteiger partial charge in [0, 0.05) is 21.3 Å². The molecule has 22 heavy (non-hydrogen) atoms. The van der Waals surface area contributed by atoms with Gasteiger partial charge < -0.3 is 10.5 Å². The van der Waals surface area contributed by atoms with Gasteiger partial charge in [0.1, 0.15) is 11.4 Å². The van der Waals surface area contributed by atoms with E-state index < -0.39 is 0 Å². The summed E-state index contributed by atoms with van der Waals surface area (Å²) in [6, 6.07) is 13.2. The highest BCUT2D eigenvalue weighted by atomic mass is 35.5. The molecule has 1 saturated carbocycles. The molecule has 1 aliphatic carbocycles. The lowest BCUT2D eigenvalue weighted by atomic mass is 9.79. The highest BCUT2D eigenvalue weighted by Crippen LogP contribution is 2.44. The number of hydrogen-bond acceptors (Lipinski definition) is 2. The third kappa shape index (κ3) is 3.18. The fourth-order valence-electron chi connectivity index (χ4n) is 3.17. The van der Waals surface area contributed by atoms with Gasteiger partial charge >= 0.3 is 0 Å². The van der Waals surface area contributed by atoms with Crippen molar-refractivity contribution < 1.29 is 4.74 Å². The van der Waals surface area contributed by atoms with Gasteiger partial charge in [0.15, 0.2) is 0 Å². The van der Waals surface area contributed by atoms with Crippen LogP contribution in [0.5, 0.6) is 5.75 Å². The van der Waals surface area contributed by atoms with Gasteiger partial charge in [-0.25, -0.2) is 0 Å². The average molecular weight is 336 g/mol. The molecule has 4 heteroatoms. The second-order valence-electron chi connectivity index (χ2n) is 5.85. The van der Waals surface area contributed by atoms with Gasteiger partial charge in [0.25, 0.3) is 0 Å². The molecule has 0 spiro atoms. The lowest BCUT2D eigenvalue weighted by molar-refractivity contribution is 0.0265. The van der Waals surface area contributed by atoms with Gasteiger partial charge in [-0.3, -0.25) is 0 Å². The Hall–Kier alpha value is -1.38. The van der Waals surface area contributed by atoms with Crippen molar-refractivity contribution in [3.63, 3.8) is 0 Å². The van der Waals surface area contributed by atoms with Crippen LogP contribution < -0.4 is 10.5 Å². The monoisotopic (exact) mass is 335 g/mol. The van der Waals surface area contributed by atoms with Crippen molar-refractivity contribution in [1.82, 2.24) is 0 Å². The Morgan fingerprint density at radius 2 is 1.59 bits per heavy atom. The van der Waals surface area contributed by atoms with Gasteiger partial charge in [-0.05, 0) is 62.1 Å². The maximum absolute atomic E-state index is 6.46. The number of nitrogen functional groups attached to an aromatic ring is 1. The molecule has 1 aliphatic rings. The zero-order valence-electron chi connectivity index (χ0n) is 12.3. The van der Waals surface area contributed by atoms with Crippen molar-refractivity contribution in [2.45, 2.75) is 37.7 Å². The zero-order valence-corrected chi connectivity index (χ0v) is 13.8. The van der Waals surface area contributed by atoms with E-state index in [1.165, 1.54) is 6.42 Å². The first-order chi connectivity index (χ1) is 10.6. The van der Waals surface area contributed by atoms with Crippen molar-refractivity contribution >= 4 is 28.9 Å². The Labute approximate surface area is 141 Å². The van der Waals surface area contributed by atoms with Crippen LogP contribution in [0.2, 0.25) is 10.0 Å². The highest BCUT2D eigenvalue weighted by molar-refractivity contribution is 6.35. The van der Waals surface area contributed by atoms with Crippen LogP contribution in [-0.4, -0.2) is 0 Å². The van der Waals surface area contributed by atoms with Gasteiger partial charge in [-0.2, -0.15) is 0 Å². The normalized spacial score (nSPS) is 17.2. The predicted octanol–water partition coefficient (Wildman–Crippen LogP) is 5.81. The van der Waals surface area contributed by atoms with Crippen molar-refractivity contribution in [3.8, 4) is 5.75 Å². The zero-order chi connectivity index (χ0) is 15.6. The van der Waals surface area contributed by atoms with E-state index in [2.05, 4.69) is 0 Å². The Morgan fingerprint density at radius 1 is 0.909 bits per heavy atom. The number of ether oxygens (including phenoxy) is 1. The van der Waals surface area contributed by atoms with Crippen LogP contribution in [-0.2, 0) is 5.60 Å². The van der Waals surface area contributed by atoms with E-state index in [9.17, 15) is 0 Å². The van der Waals surface area contributed by atoms with E-state index in [4.69, 9.17) is 33.7 Å². The van der Waals surface area contributed by atoms with Crippen LogP contribution in [0.25, 0.3) is 0 Å². The van der Waals surface area contributed by atoms with Gasteiger partial charge in [0.05, 0.1) is 0 Å².